The molecule has 0 aromatic heterocycles. The van der Waals surface area contributed by atoms with Gasteiger partial charge in [-0.1, -0.05) is 26.7 Å². The van der Waals surface area contributed by atoms with Crippen molar-refractivity contribution in [2.45, 2.75) is 45.6 Å². The van der Waals surface area contributed by atoms with E-state index in [4.69, 9.17) is 5.11 Å². The van der Waals surface area contributed by atoms with Gasteiger partial charge in [-0.25, -0.2) is 0 Å². The third kappa shape index (κ3) is 5.64. The number of carboxylic acids is 1. The second kappa shape index (κ2) is 6.89. The average molecular weight is 187 g/mol. The first-order valence-electron chi connectivity index (χ1n) is 5.03. The summed E-state index contributed by atoms with van der Waals surface area (Å²) in [6, 6.07) is 0.427. The Kier molecular flexibility index (Phi) is 6.59. The fourth-order valence-corrected chi connectivity index (χ4v) is 1.52. The number of carbonyl (C=O) groups is 1. The maximum atomic E-state index is 10.5. The molecule has 3 nitrogen and oxygen atoms in total. The summed E-state index contributed by atoms with van der Waals surface area (Å²) in [4.78, 5) is 12.4. The van der Waals surface area contributed by atoms with Gasteiger partial charge in [-0.3, -0.25) is 9.69 Å². The van der Waals surface area contributed by atoms with Gasteiger partial charge < -0.3 is 5.11 Å². The molecule has 0 fully saturated rings. The molecule has 0 saturated heterocycles. The predicted octanol–water partition coefficient (Wildman–Crippen LogP) is 1.97. The predicted molar refractivity (Wildman–Crippen MR) is 53.9 cm³/mol. The van der Waals surface area contributed by atoms with E-state index in [9.17, 15) is 4.79 Å². The van der Waals surface area contributed by atoms with E-state index in [2.05, 4.69) is 13.8 Å². The lowest BCUT2D eigenvalue weighted by atomic mass is 10.1. The van der Waals surface area contributed by atoms with Gasteiger partial charge in [0.15, 0.2) is 0 Å². The van der Waals surface area contributed by atoms with E-state index in [0.29, 0.717) is 6.04 Å². The molecule has 0 spiro atoms. The van der Waals surface area contributed by atoms with E-state index in [-0.39, 0.29) is 6.54 Å². The number of carboxylic acid groups (broad SMARTS) is 1. The standard InChI is InChI=1S/C10H21NO2/c1-4-6-7-9(5-2)11(3)8-10(12)13/h9H,4-8H2,1-3H3,(H,12,13). The summed E-state index contributed by atoms with van der Waals surface area (Å²) in [6.07, 6.45) is 4.50. The molecule has 0 bridgehead atoms. The first-order valence-corrected chi connectivity index (χ1v) is 5.03. The van der Waals surface area contributed by atoms with Gasteiger partial charge in [0.1, 0.15) is 0 Å². The Bertz CT molecular complexity index is 148. The summed E-state index contributed by atoms with van der Waals surface area (Å²) in [5.74, 6) is -0.738. The van der Waals surface area contributed by atoms with Gasteiger partial charge in [-0.05, 0) is 19.9 Å². The Morgan fingerprint density at radius 1 is 1.46 bits per heavy atom. The van der Waals surface area contributed by atoms with Gasteiger partial charge in [0, 0.05) is 6.04 Å². The highest BCUT2D eigenvalue weighted by molar-refractivity contribution is 5.69. The summed E-state index contributed by atoms with van der Waals surface area (Å²) in [5, 5.41) is 8.61. The average Bonchev–Trinajstić information content (AvgIpc) is 2.04. The van der Waals surface area contributed by atoms with Crippen LogP contribution in [0.1, 0.15) is 39.5 Å². The summed E-state index contributed by atoms with van der Waals surface area (Å²) >= 11 is 0. The van der Waals surface area contributed by atoms with Crippen LogP contribution in [0.3, 0.4) is 0 Å². The molecule has 0 heterocycles. The summed E-state index contributed by atoms with van der Waals surface area (Å²) < 4.78 is 0. The Morgan fingerprint density at radius 2 is 2.08 bits per heavy atom. The van der Waals surface area contributed by atoms with Crippen molar-refractivity contribution < 1.29 is 9.90 Å². The van der Waals surface area contributed by atoms with Crippen LogP contribution in [0.25, 0.3) is 0 Å². The van der Waals surface area contributed by atoms with Crippen LogP contribution in [0.4, 0.5) is 0 Å². The van der Waals surface area contributed by atoms with Crippen molar-refractivity contribution in [1.29, 1.82) is 0 Å². The highest BCUT2D eigenvalue weighted by atomic mass is 16.4. The van der Waals surface area contributed by atoms with Crippen LogP contribution in [0.5, 0.6) is 0 Å². The molecule has 1 N–H and O–H groups in total. The number of unbranched alkanes of at least 4 members (excludes halogenated alkanes) is 1. The minimum absolute atomic E-state index is 0.155. The zero-order chi connectivity index (χ0) is 10.3. The van der Waals surface area contributed by atoms with Gasteiger partial charge in [-0.15, -0.1) is 0 Å². The molecule has 0 radical (unpaired) electrons. The summed E-state index contributed by atoms with van der Waals surface area (Å²) in [6.45, 7) is 4.42. The van der Waals surface area contributed by atoms with Crippen LogP contribution < -0.4 is 0 Å². The summed E-state index contributed by atoms with van der Waals surface area (Å²) in [5.41, 5.74) is 0. The molecule has 0 aromatic carbocycles. The molecule has 3 heteroatoms. The van der Waals surface area contributed by atoms with E-state index >= 15 is 0 Å². The molecule has 78 valence electrons. The highest BCUT2D eigenvalue weighted by Crippen LogP contribution is 2.10. The van der Waals surface area contributed by atoms with Crippen molar-refractivity contribution in [2.24, 2.45) is 0 Å². The SMILES string of the molecule is CCCCC(CC)N(C)CC(=O)O. The van der Waals surface area contributed by atoms with Gasteiger partial charge >= 0.3 is 5.97 Å². The number of aliphatic carboxylic acids is 1. The van der Waals surface area contributed by atoms with Crippen molar-refractivity contribution in [1.82, 2.24) is 4.90 Å². The molecule has 0 rings (SSSR count). The van der Waals surface area contributed by atoms with E-state index in [1.807, 2.05) is 11.9 Å². The molecular formula is C10H21NO2. The summed E-state index contributed by atoms with van der Waals surface area (Å²) in [7, 11) is 1.89. The van der Waals surface area contributed by atoms with E-state index in [1.165, 1.54) is 12.8 Å². The quantitative estimate of drug-likeness (QED) is 0.662. The van der Waals surface area contributed by atoms with Crippen molar-refractivity contribution in [3.8, 4) is 0 Å². The zero-order valence-electron chi connectivity index (χ0n) is 8.92. The second-order valence-electron chi connectivity index (χ2n) is 3.51. The van der Waals surface area contributed by atoms with Gasteiger partial charge in [0.05, 0.1) is 6.54 Å². The van der Waals surface area contributed by atoms with Crippen LogP contribution in [-0.4, -0.2) is 35.6 Å². The molecule has 0 saturated carbocycles. The molecular weight excluding hydrogens is 166 g/mol. The lowest BCUT2D eigenvalue weighted by Gasteiger charge is -2.25. The number of likely N-dealkylation sites (N-methyl/N-ethyl adjacent to an activating group) is 1. The number of hydrogen-bond donors (Lipinski definition) is 1. The third-order valence-corrected chi connectivity index (χ3v) is 2.37. The Labute approximate surface area is 80.7 Å². The molecule has 1 atom stereocenters. The number of rotatable bonds is 7. The van der Waals surface area contributed by atoms with E-state index in [0.717, 1.165) is 12.8 Å². The lowest BCUT2D eigenvalue weighted by molar-refractivity contribution is -0.138. The maximum Gasteiger partial charge on any atom is 0.317 e. The van der Waals surface area contributed by atoms with Crippen LogP contribution >= 0.6 is 0 Å². The second-order valence-corrected chi connectivity index (χ2v) is 3.51. The Hall–Kier alpha value is -0.570. The first kappa shape index (κ1) is 12.4. The van der Waals surface area contributed by atoms with Crippen molar-refractivity contribution in [3.05, 3.63) is 0 Å². The highest BCUT2D eigenvalue weighted by Gasteiger charge is 2.14. The van der Waals surface area contributed by atoms with Gasteiger partial charge in [-0.2, -0.15) is 0 Å². The maximum absolute atomic E-state index is 10.5. The minimum atomic E-state index is -0.738. The van der Waals surface area contributed by atoms with E-state index in [1.54, 1.807) is 0 Å². The largest absolute Gasteiger partial charge is 0.480 e. The fraction of sp³-hybridized carbons (Fsp3) is 0.900. The van der Waals surface area contributed by atoms with Crippen LogP contribution in [0.15, 0.2) is 0 Å². The number of nitrogens with zero attached hydrogens (tertiary/aromatic N) is 1. The van der Waals surface area contributed by atoms with Crippen molar-refractivity contribution >= 4 is 5.97 Å². The molecule has 13 heavy (non-hydrogen) atoms. The monoisotopic (exact) mass is 187 g/mol. The molecule has 0 aliphatic heterocycles. The smallest absolute Gasteiger partial charge is 0.317 e. The van der Waals surface area contributed by atoms with Crippen LogP contribution in [0, 0.1) is 0 Å². The molecule has 0 aliphatic carbocycles. The Balaban J connectivity index is 3.83. The Morgan fingerprint density at radius 3 is 2.46 bits per heavy atom. The lowest BCUT2D eigenvalue weighted by Crippen LogP contribution is -2.35. The number of hydrogen-bond acceptors (Lipinski definition) is 2. The molecule has 0 aromatic rings. The zero-order valence-corrected chi connectivity index (χ0v) is 8.92. The first-order chi connectivity index (χ1) is 6.11. The third-order valence-electron chi connectivity index (χ3n) is 2.37. The fourth-order valence-electron chi connectivity index (χ4n) is 1.52. The van der Waals surface area contributed by atoms with Crippen LogP contribution in [-0.2, 0) is 4.79 Å². The van der Waals surface area contributed by atoms with Crippen molar-refractivity contribution in [2.75, 3.05) is 13.6 Å². The molecule has 0 aliphatic rings. The van der Waals surface area contributed by atoms with E-state index < -0.39 is 5.97 Å². The van der Waals surface area contributed by atoms with Crippen LogP contribution in [0.2, 0.25) is 0 Å². The van der Waals surface area contributed by atoms with Crippen molar-refractivity contribution in [3.63, 3.8) is 0 Å². The normalized spacial score (nSPS) is 13.2. The molecule has 0 amide bonds. The van der Waals surface area contributed by atoms with Gasteiger partial charge in [0.25, 0.3) is 0 Å². The minimum Gasteiger partial charge on any atom is -0.480 e. The topological polar surface area (TPSA) is 40.5 Å². The molecule has 1 unspecified atom stereocenters. The van der Waals surface area contributed by atoms with Gasteiger partial charge in [0.2, 0.25) is 0 Å².